The molecule has 0 atom stereocenters. The van der Waals surface area contributed by atoms with Gasteiger partial charge in [0.2, 0.25) is 0 Å². The van der Waals surface area contributed by atoms with Crippen molar-refractivity contribution in [2.45, 2.75) is 6.92 Å². The highest BCUT2D eigenvalue weighted by Crippen LogP contribution is 2.25. The van der Waals surface area contributed by atoms with Crippen LogP contribution >= 0.6 is 0 Å². The van der Waals surface area contributed by atoms with E-state index < -0.39 is 0 Å². The van der Waals surface area contributed by atoms with Gasteiger partial charge in [-0.15, -0.1) is 0 Å². The summed E-state index contributed by atoms with van der Waals surface area (Å²) >= 11 is 0. The molecule has 0 amide bonds. The minimum atomic E-state index is 0.0641. The largest absolute Gasteiger partial charge is 0.591 e. The smallest absolute Gasteiger partial charge is 0.409 e. The lowest BCUT2D eigenvalue weighted by molar-refractivity contribution is -0.675. The molecule has 1 aromatic heterocycles. The number of nitrogens with zero attached hydrogens (tertiary/aromatic N) is 2. The highest BCUT2D eigenvalue weighted by atomic mass is 16.6. The van der Waals surface area contributed by atoms with Gasteiger partial charge in [-0.3, -0.25) is 0 Å². The number of hydrogen-bond donors (Lipinski definition) is 0. The van der Waals surface area contributed by atoms with Gasteiger partial charge in [-0.2, -0.15) is 0 Å². The molecule has 0 aromatic carbocycles. The third-order valence-corrected chi connectivity index (χ3v) is 1.54. The Morgan fingerprint density at radius 3 is 2.64 bits per heavy atom. The third-order valence-electron chi connectivity index (χ3n) is 1.54. The van der Waals surface area contributed by atoms with Crippen molar-refractivity contribution in [2.24, 2.45) is 0 Å². The van der Waals surface area contributed by atoms with Crippen molar-refractivity contribution in [3.63, 3.8) is 0 Å². The summed E-state index contributed by atoms with van der Waals surface area (Å²) in [5.41, 5.74) is 0. The zero-order valence-corrected chi connectivity index (χ0v) is 8.31. The maximum Gasteiger partial charge on any atom is 0.409 e. The molecule has 0 aliphatic carbocycles. The van der Waals surface area contributed by atoms with Gasteiger partial charge in [0.25, 0.3) is 0 Å². The average molecular weight is 200 g/mol. The zero-order valence-electron chi connectivity index (χ0n) is 8.31. The van der Waals surface area contributed by atoms with Crippen molar-refractivity contribution in [2.75, 3.05) is 20.8 Å². The summed E-state index contributed by atoms with van der Waals surface area (Å²) in [5.74, 6) is 0.593. The van der Waals surface area contributed by atoms with Crippen LogP contribution in [0.5, 0.6) is 17.5 Å². The van der Waals surface area contributed by atoms with Crippen molar-refractivity contribution in [1.82, 2.24) is 5.10 Å². The number of methoxy groups -OCH3 is 2. The summed E-state index contributed by atoms with van der Waals surface area (Å²) in [5, 5.41) is 14.7. The molecule has 0 aliphatic heterocycles. The van der Waals surface area contributed by atoms with E-state index in [1.807, 2.05) is 6.92 Å². The van der Waals surface area contributed by atoms with Gasteiger partial charge in [0, 0.05) is 0 Å². The molecular formula is C8H12N2O4. The summed E-state index contributed by atoms with van der Waals surface area (Å²) in [7, 11) is 2.80. The predicted molar refractivity (Wildman–Crippen MR) is 47.5 cm³/mol. The van der Waals surface area contributed by atoms with Gasteiger partial charge in [-0.25, -0.2) is 0 Å². The van der Waals surface area contributed by atoms with Crippen molar-refractivity contribution in [3.8, 4) is 17.5 Å². The molecule has 1 rings (SSSR count). The van der Waals surface area contributed by atoms with E-state index in [1.54, 1.807) is 0 Å². The Hall–Kier alpha value is -1.72. The van der Waals surface area contributed by atoms with Crippen molar-refractivity contribution < 1.29 is 19.1 Å². The van der Waals surface area contributed by atoms with Gasteiger partial charge < -0.3 is 19.4 Å². The lowest BCUT2D eigenvalue weighted by atomic mass is 10.5. The Balaban J connectivity index is 3.11. The second kappa shape index (κ2) is 4.50. The maximum absolute atomic E-state index is 11.1. The number of ether oxygens (including phenoxy) is 3. The molecule has 0 saturated heterocycles. The van der Waals surface area contributed by atoms with Gasteiger partial charge in [-0.1, -0.05) is 0 Å². The van der Waals surface area contributed by atoms with Crippen LogP contribution in [0.2, 0.25) is 0 Å². The van der Waals surface area contributed by atoms with Crippen LogP contribution in [0.4, 0.5) is 0 Å². The minimum Gasteiger partial charge on any atom is -0.591 e. The molecule has 78 valence electrons. The Bertz CT molecular complexity index is 316. The van der Waals surface area contributed by atoms with E-state index in [1.165, 1.54) is 20.3 Å². The van der Waals surface area contributed by atoms with Crippen LogP contribution in [0.15, 0.2) is 6.07 Å². The monoisotopic (exact) mass is 200 g/mol. The molecule has 6 heteroatoms. The van der Waals surface area contributed by atoms with Crippen LogP contribution in [0.25, 0.3) is 0 Å². The first-order chi connectivity index (χ1) is 6.72. The molecule has 0 saturated carbocycles. The normalized spacial score (nSPS) is 9.64. The number of aromatic nitrogens is 2. The van der Waals surface area contributed by atoms with E-state index in [0.717, 1.165) is 0 Å². The molecule has 1 heterocycles. The fourth-order valence-corrected chi connectivity index (χ4v) is 0.947. The lowest BCUT2D eigenvalue weighted by Gasteiger charge is -2.07. The molecule has 0 fully saturated rings. The van der Waals surface area contributed by atoms with Gasteiger partial charge in [-0.05, 0) is 11.8 Å². The molecule has 1 aromatic rings. The van der Waals surface area contributed by atoms with Crippen LogP contribution in [-0.2, 0) is 0 Å². The Kier molecular flexibility index (Phi) is 3.33. The first kappa shape index (κ1) is 10.4. The Morgan fingerprint density at radius 1 is 1.43 bits per heavy atom. The summed E-state index contributed by atoms with van der Waals surface area (Å²) in [6.07, 6.45) is 0. The van der Waals surface area contributed by atoms with E-state index in [-0.39, 0.29) is 11.8 Å². The average Bonchev–Trinajstić information content (AvgIpc) is 2.20. The van der Waals surface area contributed by atoms with Crippen molar-refractivity contribution in [1.29, 1.82) is 0 Å². The summed E-state index contributed by atoms with van der Waals surface area (Å²) in [4.78, 5) is 0.335. The van der Waals surface area contributed by atoms with Crippen LogP contribution in [0.1, 0.15) is 6.92 Å². The van der Waals surface area contributed by atoms with Gasteiger partial charge in [0.05, 0.1) is 25.9 Å². The fraction of sp³-hybridized carbons (Fsp3) is 0.500. The van der Waals surface area contributed by atoms with Crippen LogP contribution < -0.4 is 19.1 Å². The zero-order chi connectivity index (χ0) is 10.6. The van der Waals surface area contributed by atoms with E-state index >= 15 is 0 Å². The molecule has 0 aliphatic rings. The Morgan fingerprint density at radius 2 is 2.14 bits per heavy atom. The van der Waals surface area contributed by atoms with E-state index in [4.69, 9.17) is 14.2 Å². The molecule has 0 N–H and O–H groups in total. The molecule has 0 radical (unpaired) electrons. The quantitative estimate of drug-likeness (QED) is 0.510. The van der Waals surface area contributed by atoms with Crippen LogP contribution in [-0.4, -0.2) is 25.9 Å². The first-order valence-corrected chi connectivity index (χ1v) is 4.08. The minimum absolute atomic E-state index is 0.0641. The SMILES string of the molecule is CCOc1cc(OC)[n+]([O-])nc1OC. The van der Waals surface area contributed by atoms with Gasteiger partial charge in [0.15, 0.2) is 5.75 Å². The highest BCUT2D eigenvalue weighted by molar-refractivity contribution is 5.33. The lowest BCUT2D eigenvalue weighted by Crippen LogP contribution is -2.33. The third kappa shape index (κ3) is 1.95. The molecule has 0 unspecified atom stereocenters. The second-order valence-electron chi connectivity index (χ2n) is 2.37. The van der Waals surface area contributed by atoms with Gasteiger partial charge >= 0.3 is 11.8 Å². The topological polar surface area (TPSA) is 67.5 Å². The van der Waals surface area contributed by atoms with Crippen molar-refractivity contribution in [3.05, 3.63) is 11.3 Å². The molecule has 0 bridgehead atoms. The predicted octanol–water partition coefficient (Wildman–Crippen LogP) is 0.131. The summed E-state index contributed by atoms with van der Waals surface area (Å²) < 4.78 is 14.9. The van der Waals surface area contributed by atoms with E-state index in [0.29, 0.717) is 17.2 Å². The molecule has 14 heavy (non-hydrogen) atoms. The van der Waals surface area contributed by atoms with E-state index in [9.17, 15) is 5.21 Å². The molecule has 0 spiro atoms. The number of rotatable bonds is 4. The fourth-order valence-electron chi connectivity index (χ4n) is 0.947. The summed E-state index contributed by atoms with van der Waals surface area (Å²) in [6, 6.07) is 1.43. The Labute approximate surface area is 81.6 Å². The number of hydrogen-bond acceptors (Lipinski definition) is 5. The molecule has 6 nitrogen and oxygen atoms in total. The van der Waals surface area contributed by atoms with Crippen LogP contribution in [0.3, 0.4) is 0 Å². The van der Waals surface area contributed by atoms with Gasteiger partial charge in [0.1, 0.15) is 6.07 Å². The standard InChI is InChI=1S/C8H12N2O4/c1-4-14-6-5-7(12-2)10(11)9-8(6)13-3/h5H,4H2,1-3H3. The molecular weight excluding hydrogens is 188 g/mol. The summed E-state index contributed by atoms with van der Waals surface area (Å²) in [6.45, 7) is 2.29. The van der Waals surface area contributed by atoms with Crippen LogP contribution in [0, 0.1) is 5.21 Å². The van der Waals surface area contributed by atoms with E-state index in [2.05, 4.69) is 5.10 Å². The second-order valence-corrected chi connectivity index (χ2v) is 2.37. The first-order valence-electron chi connectivity index (χ1n) is 4.08. The highest BCUT2D eigenvalue weighted by Gasteiger charge is 2.17. The maximum atomic E-state index is 11.1. The van der Waals surface area contributed by atoms with Crippen molar-refractivity contribution >= 4 is 0 Å².